The maximum atomic E-state index is 11.9. The minimum atomic E-state index is -0.266. The monoisotopic (exact) mass is 410 g/mol. The zero-order chi connectivity index (χ0) is 21.8. The first-order valence-corrected chi connectivity index (χ1v) is 10.4. The minimum Gasteiger partial charge on any atom is -0.463 e. The highest BCUT2D eigenvalue weighted by Crippen LogP contribution is 2.19. The summed E-state index contributed by atoms with van der Waals surface area (Å²) >= 11 is 0. The molecule has 0 saturated carbocycles. The summed E-state index contributed by atoms with van der Waals surface area (Å²) in [5.41, 5.74) is 2.03. The Labute approximate surface area is 178 Å². The molecule has 30 heavy (non-hydrogen) atoms. The van der Waals surface area contributed by atoms with E-state index in [-0.39, 0.29) is 18.0 Å². The Balaban J connectivity index is 1.82. The van der Waals surface area contributed by atoms with Crippen molar-refractivity contribution in [3.05, 3.63) is 54.9 Å². The Morgan fingerprint density at radius 1 is 1.10 bits per heavy atom. The van der Waals surface area contributed by atoms with Gasteiger partial charge < -0.3 is 9.47 Å². The molecular formula is C24H30N2O4. The van der Waals surface area contributed by atoms with Crippen LogP contribution < -0.4 is 4.74 Å². The molecule has 0 aliphatic rings. The van der Waals surface area contributed by atoms with E-state index in [1.807, 2.05) is 37.3 Å². The van der Waals surface area contributed by atoms with E-state index in [0.29, 0.717) is 18.0 Å². The number of unbranched alkanes of at least 4 members (excludes halogenated alkanes) is 3. The van der Waals surface area contributed by atoms with Gasteiger partial charge in [-0.1, -0.05) is 36.8 Å². The van der Waals surface area contributed by atoms with Gasteiger partial charge in [0.1, 0.15) is 0 Å². The number of aryl methyl sites for hydroxylation is 1. The molecule has 6 nitrogen and oxygen atoms in total. The first kappa shape index (κ1) is 23.3. The first-order valence-electron chi connectivity index (χ1n) is 10.4. The van der Waals surface area contributed by atoms with Gasteiger partial charge in [-0.3, -0.25) is 9.59 Å². The van der Waals surface area contributed by atoms with Gasteiger partial charge in [0.25, 0.3) is 0 Å². The summed E-state index contributed by atoms with van der Waals surface area (Å²) in [6, 6.07) is 7.94. The molecule has 0 fully saturated rings. The minimum absolute atomic E-state index is 0.104. The Kier molecular flexibility index (Phi) is 9.71. The summed E-state index contributed by atoms with van der Waals surface area (Å²) in [5, 5.41) is 0. The van der Waals surface area contributed by atoms with Crippen LogP contribution >= 0.6 is 0 Å². The van der Waals surface area contributed by atoms with Crippen molar-refractivity contribution < 1.29 is 19.1 Å². The van der Waals surface area contributed by atoms with Gasteiger partial charge in [-0.25, -0.2) is 9.97 Å². The fourth-order valence-corrected chi connectivity index (χ4v) is 2.97. The summed E-state index contributed by atoms with van der Waals surface area (Å²) < 4.78 is 10.4. The molecule has 0 spiro atoms. The van der Waals surface area contributed by atoms with Crippen molar-refractivity contribution in [2.24, 2.45) is 0 Å². The number of esters is 2. The van der Waals surface area contributed by atoms with Gasteiger partial charge in [-0.2, -0.15) is 0 Å². The van der Waals surface area contributed by atoms with Gasteiger partial charge in [-0.05, 0) is 44.6 Å². The molecule has 1 heterocycles. The summed E-state index contributed by atoms with van der Waals surface area (Å²) in [7, 11) is 0. The van der Waals surface area contributed by atoms with Gasteiger partial charge in [0.2, 0.25) is 0 Å². The Morgan fingerprint density at radius 2 is 1.80 bits per heavy atom. The number of aromatic nitrogens is 2. The predicted octanol–water partition coefficient (Wildman–Crippen LogP) is 5.07. The fraction of sp³-hybridized carbons (Fsp3) is 0.417. The number of hydrogen-bond acceptors (Lipinski definition) is 6. The topological polar surface area (TPSA) is 78.4 Å². The summed E-state index contributed by atoms with van der Waals surface area (Å²) in [6.07, 6.45) is 10.6. The average molecular weight is 411 g/mol. The second-order valence-electron chi connectivity index (χ2n) is 7.26. The van der Waals surface area contributed by atoms with E-state index in [9.17, 15) is 9.59 Å². The van der Waals surface area contributed by atoms with Crippen molar-refractivity contribution in [2.45, 2.75) is 64.9 Å². The maximum Gasteiger partial charge on any atom is 0.311 e. The second kappa shape index (κ2) is 12.5. The third kappa shape index (κ3) is 8.55. The molecule has 1 aromatic heterocycles. The second-order valence-corrected chi connectivity index (χ2v) is 7.26. The molecule has 160 valence electrons. The van der Waals surface area contributed by atoms with E-state index in [2.05, 4.69) is 16.5 Å². The summed E-state index contributed by atoms with van der Waals surface area (Å²) in [5.74, 6) is 0.398. The SMILES string of the molecule is C=CCCCCCC(=O)Oc1cnc(-c2ccc(CCC(C)OC(C)=O)cc2)nc1. The van der Waals surface area contributed by atoms with Crippen LogP contribution in [0.15, 0.2) is 49.3 Å². The molecule has 0 aliphatic heterocycles. The molecule has 2 rings (SSSR count). The standard InChI is InChI=1S/C24H30N2O4/c1-4-5-6-7-8-9-23(28)30-22-16-25-24(26-17-22)21-14-12-20(13-15-21)11-10-18(2)29-19(3)27/h4,12-18H,1,5-11H2,2-3H3. The molecule has 0 radical (unpaired) electrons. The smallest absolute Gasteiger partial charge is 0.311 e. The van der Waals surface area contributed by atoms with Gasteiger partial charge in [0.15, 0.2) is 11.6 Å². The normalized spacial score (nSPS) is 11.5. The molecule has 0 bridgehead atoms. The van der Waals surface area contributed by atoms with Crippen molar-refractivity contribution >= 4 is 11.9 Å². The lowest BCUT2D eigenvalue weighted by Gasteiger charge is -2.11. The van der Waals surface area contributed by atoms with E-state index >= 15 is 0 Å². The third-order valence-electron chi connectivity index (χ3n) is 4.57. The third-order valence-corrected chi connectivity index (χ3v) is 4.57. The van der Waals surface area contributed by atoms with Crippen molar-refractivity contribution in [3.63, 3.8) is 0 Å². The van der Waals surface area contributed by atoms with Gasteiger partial charge in [0, 0.05) is 18.9 Å². The molecule has 0 amide bonds. The zero-order valence-electron chi connectivity index (χ0n) is 17.8. The number of allylic oxidation sites excluding steroid dienone is 1. The van der Waals surface area contributed by atoms with E-state index in [1.165, 1.54) is 19.3 Å². The summed E-state index contributed by atoms with van der Waals surface area (Å²) in [6.45, 7) is 6.99. The van der Waals surface area contributed by atoms with Crippen molar-refractivity contribution in [3.8, 4) is 17.1 Å². The van der Waals surface area contributed by atoms with Crippen LogP contribution in [0.3, 0.4) is 0 Å². The van der Waals surface area contributed by atoms with Crippen LogP contribution in [-0.4, -0.2) is 28.0 Å². The number of nitrogens with zero attached hydrogens (tertiary/aromatic N) is 2. The van der Waals surface area contributed by atoms with Crippen LogP contribution in [0.2, 0.25) is 0 Å². The molecule has 0 aliphatic carbocycles. The number of benzene rings is 1. The van der Waals surface area contributed by atoms with E-state index in [0.717, 1.165) is 49.7 Å². The van der Waals surface area contributed by atoms with Gasteiger partial charge >= 0.3 is 11.9 Å². The Morgan fingerprint density at radius 3 is 2.43 bits per heavy atom. The van der Waals surface area contributed by atoms with Crippen LogP contribution in [0, 0.1) is 0 Å². The lowest BCUT2D eigenvalue weighted by molar-refractivity contribution is -0.145. The number of carbonyl (C=O) groups excluding carboxylic acids is 2. The maximum absolute atomic E-state index is 11.9. The van der Waals surface area contributed by atoms with Crippen LogP contribution in [-0.2, 0) is 20.7 Å². The fourth-order valence-electron chi connectivity index (χ4n) is 2.97. The van der Waals surface area contributed by atoms with Crippen LogP contribution in [0.5, 0.6) is 5.75 Å². The number of hydrogen-bond donors (Lipinski definition) is 0. The number of ether oxygens (including phenoxy) is 2. The summed E-state index contributed by atoms with van der Waals surface area (Å²) in [4.78, 5) is 31.4. The largest absolute Gasteiger partial charge is 0.463 e. The predicted molar refractivity (Wildman–Crippen MR) is 116 cm³/mol. The molecular weight excluding hydrogens is 380 g/mol. The molecule has 0 saturated heterocycles. The lowest BCUT2D eigenvalue weighted by Crippen LogP contribution is -2.12. The molecule has 6 heteroatoms. The zero-order valence-corrected chi connectivity index (χ0v) is 17.8. The molecule has 1 atom stereocenters. The van der Waals surface area contributed by atoms with Crippen LogP contribution in [0.25, 0.3) is 11.4 Å². The quantitative estimate of drug-likeness (QED) is 0.276. The highest BCUT2D eigenvalue weighted by Gasteiger charge is 2.08. The molecule has 1 aromatic carbocycles. The van der Waals surface area contributed by atoms with Crippen molar-refractivity contribution in [1.82, 2.24) is 9.97 Å². The Bertz CT molecular complexity index is 816. The van der Waals surface area contributed by atoms with Gasteiger partial charge in [-0.15, -0.1) is 6.58 Å². The van der Waals surface area contributed by atoms with Gasteiger partial charge in [0.05, 0.1) is 18.5 Å². The average Bonchev–Trinajstić information content (AvgIpc) is 2.72. The lowest BCUT2D eigenvalue weighted by atomic mass is 10.1. The number of rotatable bonds is 12. The highest BCUT2D eigenvalue weighted by atomic mass is 16.5. The highest BCUT2D eigenvalue weighted by molar-refractivity contribution is 5.72. The van der Waals surface area contributed by atoms with Crippen molar-refractivity contribution in [1.29, 1.82) is 0 Å². The van der Waals surface area contributed by atoms with E-state index < -0.39 is 0 Å². The number of carbonyl (C=O) groups is 2. The van der Waals surface area contributed by atoms with Crippen LogP contribution in [0.4, 0.5) is 0 Å². The molecule has 1 unspecified atom stereocenters. The molecule has 0 N–H and O–H groups in total. The van der Waals surface area contributed by atoms with Crippen molar-refractivity contribution in [2.75, 3.05) is 0 Å². The first-order chi connectivity index (χ1) is 14.5. The Hall–Kier alpha value is -3.02. The van der Waals surface area contributed by atoms with Crippen LogP contribution in [0.1, 0.15) is 57.9 Å². The van der Waals surface area contributed by atoms with E-state index in [1.54, 1.807) is 0 Å². The van der Waals surface area contributed by atoms with E-state index in [4.69, 9.17) is 9.47 Å². The molecule has 2 aromatic rings.